The second kappa shape index (κ2) is 4.82. The Hall–Kier alpha value is -1.60. The molecule has 3 heteroatoms. The van der Waals surface area contributed by atoms with Crippen molar-refractivity contribution < 1.29 is 9.53 Å². The molecule has 0 amide bonds. The van der Waals surface area contributed by atoms with E-state index in [2.05, 4.69) is 18.0 Å². The average Bonchev–Trinajstić information content (AvgIpc) is 2.88. The molecule has 3 nitrogen and oxygen atoms in total. The molecule has 0 saturated heterocycles. The molecule has 1 aliphatic heterocycles. The van der Waals surface area contributed by atoms with Crippen molar-refractivity contribution >= 4 is 6.08 Å². The van der Waals surface area contributed by atoms with Crippen molar-refractivity contribution in [2.24, 2.45) is 4.99 Å². The van der Waals surface area contributed by atoms with Crippen LogP contribution in [0, 0.1) is 0 Å². The zero-order valence-electron chi connectivity index (χ0n) is 11.3. The molecule has 0 bridgehead atoms. The molecule has 1 atom stereocenters. The molecule has 0 N–H and O–H groups in total. The molecular weight excluding hydrogens is 238 g/mol. The first-order valence-corrected chi connectivity index (χ1v) is 7.13. The number of ether oxygens (including phenoxy) is 1. The number of carbonyl (C=O) groups excluding carboxylic acids is 1. The van der Waals surface area contributed by atoms with E-state index >= 15 is 0 Å². The molecule has 1 unspecified atom stereocenters. The van der Waals surface area contributed by atoms with E-state index in [9.17, 15) is 4.79 Å². The maximum Gasteiger partial charge on any atom is 0.235 e. The fraction of sp³-hybridized carbons (Fsp3) is 0.562. The number of hydrogen-bond donors (Lipinski definition) is 0. The highest BCUT2D eigenvalue weighted by Crippen LogP contribution is 2.46. The van der Waals surface area contributed by atoms with E-state index in [0.29, 0.717) is 0 Å². The van der Waals surface area contributed by atoms with Crippen LogP contribution in [0.3, 0.4) is 0 Å². The van der Waals surface area contributed by atoms with Crippen LogP contribution in [0.2, 0.25) is 0 Å². The van der Waals surface area contributed by atoms with Crippen molar-refractivity contribution in [2.45, 2.75) is 57.1 Å². The maximum absolute atomic E-state index is 10.8. The van der Waals surface area contributed by atoms with Gasteiger partial charge in [0.1, 0.15) is 5.75 Å². The standard InChI is InChI=1S/C16H19NO2/c1-12-7-8-13-14(5-4-6-15(13)19-12)16(17-11-18)9-2-3-10-16/h4-6,12H,2-3,7-10H2,1H3. The summed E-state index contributed by atoms with van der Waals surface area (Å²) in [6.45, 7) is 2.10. The van der Waals surface area contributed by atoms with Gasteiger partial charge in [0.15, 0.2) is 0 Å². The van der Waals surface area contributed by atoms with Gasteiger partial charge in [0.2, 0.25) is 6.08 Å². The number of aliphatic imine (C=N–C) groups is 1. The fourth-order valence-electron chi connectivity index (χ4n) is 3.48. The van der Waals surface area contributed by atoms with Crippen molar-refractivity contribution in [3.63, 3.8) is 0 Å². The van der Waals surface area contributed by atoms with Crippen molar-refractivity contribution in [1.82, 2.24) is 0 Å². The number of nitrogens with zero attached hydrogens (tertiary/aromatic N) is 1. The minimum Gasteiger partial charge on any atom is -0.490 e. The van der Waals surface area contributed by atoms with Gasteiger partial charge < -0.3 is 4.74 Å². The summed E-state index contributed by atoms with van der Waals surface area (Å²) in [6, 6.07) is 6.17. The van der Waals surface area contributed by atoms with Gasteiger partial charge in [-0.25, -0.2) is 4.79 Å². The van der Waals surface area contributed by atoms with E-state index < -0.39 is 0 Å². The quantitative estimate of drug-likeness (QED) is 0.600. The molecule has 0 spiro atoms. The van der Waals surface area contributed by atoms with Crippen LogP contribution in [0.25, 0.3) is 0 Å². The van der Waals surface area contributed by atoms with Crippen LogP contribution in [-0.2, 0) is 16.8 Å². The minimum atomic E-state index is -0.336. The number of hydrogen-bond acceptors (Lipinski definition) is 3. The molecule has 1 fully saturated rings. The second-order valence-electron chi connectivity index (χ2n) is 5.69. The van der Waals surface area contributed by atoms with Gasteiger partial charge in [0, 0.05) is 0 Å². The molecule has 1 aromatic rings. The van der Waals surface area contributed by atoms with Crippen molar-refractivity contribution in [1.29, 1.82) is 0 Å². The van der Waals surface area contributed by atoms with E-state index in [4.69, 9.17) is 4.74 Å². The summed E-state index contributed by atoms with van der Waals surface area (Å²) < 4.78 is 5.91. The normalized spacial score (nSPS) is 24.2. The topological polar surface area (TPSA) is 38.7 Å². The summed E-state index contributed by atoms with van der Waals surface area (Å²) in [5.74, 6) is 0.976. The summed E-state index contributed by atoms with van der Waals surface area (Å²) in [7, 11) is 0. The highest BCUT2D eigenvalue weighted by Gasteiger charge is 2.38. The maximum atomic E-state index is 10.8. The lowest BCUT2D eigenvalue weighted by Gasteiger charge is -2.31. The summed E-state index contributed by atoms with van der Waals surface area (Å²) in [6.07, 6.45) is 8.29. The monoisotopic (exact) mass is 257 g/mol. The van der Waals surface area contributed by atoms with Crippen LogP contribution < -0.4 is 4.74 Å². The van der Waals surface area contributed by atoms with E-state index in [0.717, 1.165) is 44.3 Å². The third-order valence-electron chi connectivity index (χ3n) is 4.45. The van der Waals surface area contributed by atoms with Gasteiger partial charge in [0.25, 0.3) is 0 Å². The first kappa shape index (κ1) is 12.4. The second-order valence-corrected chi connectivity index (χ2v) is 5.69. The zero-order chi connectivity index (χ0) is 13.3. The first-order valence-electron chi connectivity index (χ1n) is 7.13. The Labute approximate surface area is 113 Å². The van der Waals surface area contributed by atoms with Gasteiger partial charge in [-0.15, -0.1) is 0 Å². The Balaban J connectivity index is 2.10. The molecule has 1 saturated carbocycles. The smallest absolute Gasteiger partial charge is 0.235 e. The van der Waals surface area contributed by atoms with Crippen molar-refractivity contribution in [3.8, 4) is 5.75 Å². The number of rotatable bonds is 2. The molecular formula is C16H19NO2. The molecule has 1 aliphatic carbocycles. The molecule has 3 rings (SSSR count). The fourth-order valence-corrected chi connectivity index (χ4v) is 3.48. The molecule has 1 aromatic carbocycles. The largest absolute Gasteiger partial charge is 0.490 e. The van der Waals surface area contributed by atoms with Crippen LogP contribution in [0.5, 0.6) is 5.75 Å². The Morgan fingerprint density at radius 3 is 2.89 bits per heavy atom. The molecule has 100 valence electrons. The predicted molar refractivity (Wildman–Crippen MR) is 73.1 cm³/mol. The highest BCUT2D eigenvalue weighted by atomic mass is 16.5. The van der Waals surface area contributed by atoms with E-state index in [1.807, 2.05) is 12.1 Å². The Morgan fingerprint density at radius 1 is 1.37 bits per heavy atom. The lowest BCUT2D eigenvalue weighted by Crippen LogP contribution is -2.25. The summed E-state index contributed by atoms with van der Waals surface area (Å²) in [5, 5.41) is 0. The predicted octanol–water partition coefficient (Wildman–Crippen LogP) is 3.51. The van der Waals surface area contributed by atoms with Gasteiger partial charge in [-0.1, -0.05) is 25.0 Å². The summed E-state index contributed by atoms with van der Waals surface area (Å²) >= 11 is 0. The number of benzene rings is 1. The van der Waals surface area contributed by atoms with Gasteiger partial charge in [-0.3, -0.25) is 0 Å². The molecule has 2 aliphatic rings. The lowest BCUT2D eigenvalue weighted by atomic mass is 9.83. The Bertz CT molecular complexity index is 526. The van der Waals surface area contributed by atoms with Crippen molar-refractivity contribution in [2.75, 3.05) is 0 Å². The zero-order valence-corrected chi connectivity index (χ0v) is 11.3. The van der Waals surface area contributed by atoms with Crippen LogP contribution in [-0.4, -0.2) is 12.2 Å². The van der Waals surface area contributed by atoms with Crippen LogP contribution >= 0.6 is 0 Å². The number of fused-ring (bicyclic) bond motifs is 1. The lowest BCUT2D eigenvalue weighted by molar-refractivity contribution is 0.191. The number of isocyanates is 1. The van der Waals surface area contributed by atoms with Crippen LogP contribution in [0.15, 0.2) is 23.2 Å². The molecule has 0 aromatic heterocycles. The molecule has 1 heterocycles. The van der Waals surface area contributed by atoms with E-state index in [1.54, 1.807) is 6.08 Å². The third kappa shape index (κ3) is 2.08. The van der Waals surface area contributed by atoms with Crippen molar-refractivity contribution in [3.05, 3.63) is 29.3 Å². The van der Waals surface area contributed by atoms with Gasteiger partial charge in [0.05, 0.1) is 11.6 Å². The van der Waals surface area contributed by atoms with Gasteiger partial charge in [-0.2, -0.15) is 4.99 Å². The SMILES string of the molecule is CC1CCc2c(cccc2C2(N=C=O)CCCC2)O1. The van der Waals surface area contributed by atoms with E-state index in [1.165, 1.54) is 11.1 Å². The van der Waals surface area contributed by atoms with Crippen LogP contribution in [0.4, 0.5) is 0 Å². The Kier molecular flexibility index (Phi) is 3.16. The third-order valence-corrected chi connectivity index (χ3v) is 4.45. The summed E-state index contributed by atoms with van der Waals surface area (Å²) in [5.41, 5.74) is 2.11. The molecule has 19 heavy (non-hydrogen) atoms. The highest BCUT2D eigenvalue weighted by molar-refractivity contribution is 5.48. The first-order chi connectivity index (χ1) is 9.25. The van der Waals surface area contributed by atoms with E-state index in [-0.39, 0.29) is 11.6 Å². The molecule has 0 radical (unpaired) electrons. The summed E-state index contributed by atoms with van der Waals surface area (Å²) in [4.78, 5) is 15.0. The minimum absolute atomic E-state index is 0.275. The average molecular weight is 257 g/mol. The Morgan fingerprint density at radius 2 is 2.16 bits per heavy atom. The van der Waals surface area contributed by atoms with Gasteiger partial charge >= 0.3 is 0 Å². The van der Waals surface area contributed by atoms with Crippen LogP contribution in [0.1, 0.15) is 50.2 Å². The van der Waals surface area contributed by atoms with Gasteiger partial charge in [-0.05, 0) is 49.8 Å².